The van der Waals surface area contributed by atoms with Crippen LogP contribution in [0.1, 0.15) is 0 Å². The Hall–Kier alpha value is -1.56. The molecule has 0 nitrogen and oxygen atoms in total. The lowest BCUT2D eigenvalue weighted by molar-refractivity contribution is 1.72. The van der Waals surface area contributed by atoms with Crippen LogP contribution < -0.4 is 10.4 Å². The third kappa shape index (κ3) is 1.02. The van der Waals surface area contributed by atoms with E-state index in [1.54, 1.807) is 0 Å². The van der Waals surface area contributed by atoms with Gasteiger partial charge < -0.3 is 0 Å². The van der Waals surface area contributed by atoms with E-state index in [1.165, 1.54) is 11.1 Å². The van der Waals surface area contributed by atoms with Crippen molar-refractivity contribution in [3.63, 3.8) is 0 Å². The summed E-state index contributed by atoms with van der Waals surface area (Å²) in [7, 11) is 0. The number of hydrogen-bond donors (Lipinski definition) is 0. The van der Waals surface area contributed by atoms with E-state index < -0.39 is 0 Å². The zero-order valence-electron chi connectivity index (χ0n) is 6.88. The van der Waals surface area contributed by atoms with Crippen LogP contribution in [0.3, 0.4) is 0 Å². The lowest BCUT2D eigenvalue weighted by atomic mass is 10.2. The molecular formula is C12H10. The van der Waals surface area contributed by atoms with Crippen LogP contribution in [-0.4, -0.2) is 0 Å². The molecule has 0 saturated carbocycles. The second-order valence-corrected chi connectivity index (χ2v) is 2.98. The third-order valence-electron chi connectivity index (χ3n) is 2.01. The first kappa shape index (κ1) is 7.11. The van der Waals surface area contributed by atoms with E-state index in [2.05, 4.69) is 31.4 Å². The molecule has 0 aromatic rings. The van der Waals surface area contributed by atoms with Crippen LogP contribution in [0.15, 0.2) is 36.4 Å². The van der Waals surface area contributed by atoms with Crippen molar-refractivity contribution in [1.29, 1.82) is 0 Å². The monoisotopic (exact) mass is 154 g/mol. The highest BCUT2D eigenvalue weighted by atomic mass is 14.0. The van der Waals surface area contributed by atoms with Gasteiger partial charge in [0.2, 0.25) is 0 Å². The normalized spacial score (nSPS) is 10.3. The summed E-state index contributed by atoms with van der Waals surface area (Å²) in [5.41, 5.74) is 2.42. The zero-order chi connectivity index (χ0) is 8.55. The van der Waals surface area contributed by atoms with Crippen LogP contribution in [0.5, 0.6) is 0 Å². The van der Waals surface area contributed by atoms with Gasteiger partial charge in [-0.3, -0.25) is 0 Å². The van der Waals surface area contributed by atoms with E-state index in [9.17, 15) is 0 Å². The predicted octanol–water partition coefficient (Wildman–Crippen LogP) is 1.61. The Morgan fingerprint density at radius 2 is 1.67 bits per heavy atom. The van der Waals surface area contributed by atoms with Crippen LogP contribution in [0.25, 0.3) is 24.3 Å². The average molecular weight is 154 g/mol. The highest BCUT2D eigenvalue weighted by Crippen LogP contribution is 2.12. The zero-order valence-corrected chi connectivity index (χ0v) is 6.88. The summed E-state index contributed by atoms with van der Waals surface area (Å²) >= 11 is 0. The standard InChI is InChI=1S/C12H10/c1-9-7-11-6-4-3-5-10(2)12(11)8-9/h3-8H,1-2H2. The van der Waals surface area contributed by atoms with Gasteiger partial charge in [0.15, 0.2) is 0 Å². The first-order chi connectivity index (χ1) is 5.77. The minimum Gasteiger partial charge on any atom is -0.0917 e. The van der Waals surface area contributed by atoms with E-state index in [0.29, 0.717) is 0 Å². The molecule has 0 heterocycles. The lowest BCUT2D eigenvalue weighted by Crippen LogP contribution is -1.96. The van der Waals surface area contributed by atoms with Gasteiger partial charge in [-0.25, -0.2) is 0 Å². The molecular weight excluding hydrogens is 144 g/mol. The summed E-state index contributed by atoms with van der Waals surface area (Å²) < 4.78 is 0. The van der Waals surface area contributed by atoms with Crippen LogP contribution in [0.4, 0.5) is 0 Å². The largest absolute Gasteiger partial charge is 0.0917 e. The molecule has 0 atom stereocenters. The summed E-state index contributed by atoms with van der Waals surface area (Å²) in [6.07, 6.45) is 0. The molecule has 0 N–H and O–H groups in total. The van der Waals surface area contributed by atoms with Gasteiger partial charge in [-0.15, -0.1) is 0 Å². The molecule has 12 heavy (non-hydrogen) atoms. The quantitative estimate of drug-likeness (QED) is 0.541. The Morgan fingerprint density at radius 3 is 2.50 bits per heavy atom. The molecule has 0 fully saturated rings. The molecule has 0 amide bonds. The van der Waals surface area contributed by atoms with E-state index >= 15 is 0 Å². The van der Waals surface area contributed by atoms with Gasteiger partial charge >= 0.3 is 0 Å². The maximum absolute atomic E-state index is 3.97. The first-order valence-corrected chi connectivity index (χ1v) is 3.94. The Morgan fingerprint density at radius 1 is 0.917 bits per heavy atom. The van der Waals surface area contributed by atoms with Crippen LogP contribution >= 0.6 is 0 Å². The first-order valence-electron chi connectivity index (χ1n) is 3.94. The summed E-state index contributed by atoms with van der Waals surface area (Å²) in [6.45, 7) is 7.87. The topological polar surface area (TPSA) is 0 Å². The molecule has 0 saturated heterocycles. The smallest absolute Gasteiger partial charge is 0.0111 e. The Balaban J connectivity index is 2.97. The molecule has 0 radical (unpaired) electrons. The molecule has 0 bridgehead atoms. The molecule has 2 aliphatic carbocycles. The number of hydrogen-bond acceptors (Lipinski definition) is 0. The highest BCUT2D eigenvalue weighted by molar-refractivity contribution is 5.66. The van der Waals surface area contributed by atoms with Gasteiger partial charge in [-0.05, 0) is 33.7 Å². The van der Waals surface area contributed by atoms with Crippen molar-refractivity contribution in [2.75, 3.05) is 0 Å². The molecule has 2 aliphatic rings. The highest BCUT2D eigenvalue weighted by Gasteiger charge is 1.99. The molecule has 0 aromatic carbocycles. The van der Waals surface area contributed by atoms with E-state index in [-0.39, 0.29) is 0 Å². The number of fused-ring (bicyclic) bond motifs is 1. The van der Waals surface area contributed by atoms with E-state index in [1.807, 2.05) is 18.2 Å². The van der Waals surface area contributed by atoms with Gasteiger partial charge in [0.05, 0.1) is 0 Å². The Labute approximate surface area is 71.8 Å². The van der Waals surface area contributed by atoms with Crippen molar-refractivity contribution in [3.8, 4) is 11.1 Å². The molecule has 0 aliphatic heterocycles. The maximum Gasteiger partial charge on any atom is -0.0111 e. The van der Waals surface area contributed by atoms with Crippen molar-refractivity contribution >= 4 is 13.2 Å². The van der Waals surface area contributed by atoms with Gasteiger partial charge in [0.1, 0.15) is 0 Å². The van der Waals surface area contributed by atoms with E-state index in [4.69, 9.17) is 0 Å². The van der Waals surface area contributed by atoms with Gasteiger partial charge in [-0.2, -0.15) is 0 Å². The minimum absolute atomic E-state index is 1.06. The molecule has 0 heteroatoms. The fourth-order valence-corrected chi connectivity index (χ4v) is 1.42. The summed E-state index contributed by atoms with van der Waals surface area (Å²) in [4.78, 5) is 0. The molecule has 0 unspecified atom stereocenters. The van der Waals surface area contributed by atoms with Crippen LogP contribution in [0.2, 0.25) is 0 Å². The molecule has 0 spiro atoms. The Bertz CT molecular complexity index is 468. The van der Waals surface area contributed by atoms with Crippen LogP contribution in [-0.2, 0) is 0 Å². The average Bonchev–Trinajstić information content (AvgIpc) is 2.33. The summed E-state index contributed by atoms with van der Waals surface area (Å²) in [5, 5.41) is 2.12. The lowest BCUT2D eigenvalue weighted by Gasteiger charge is -1.88. The van der Waals surface area contributed by atoms with E-state index in [0.717, 1.165) is 10.4 Å². The van der Waals surface area contributed by atoms with Crippen molar-refractivity contribution in [2.45, 2.75) is 0 Å². The second-order valence-electron chi connectivity index (χ2n) is 2.98. The fourth-order valence-electron chi connectivity index (χ4n) is 1.42. The molecule has 0 aromatic heterocycles. The van der Waals surface area contributed by atoms with Crippen molar-refractivity contribution in [1.82, 2.24) is 0 Å². The number of rotatable bonds is 0. The van der Waals surface area contributed by atoms with Crippen molar-refractivity contribution in [2.24, 2.45) is 0 Å². The minimum atomic E-state index is 1.06. The summed E-state index contributed by atoms with van der Waals surface area (Å²) in [5.74, 6) is 0. The molecule has 58 valence electrons. The fraction of sp³-hybridized carbons (Fsp3) is 0. The van der Waals surface area contributed by atoms with Gasteiger partial charge in [0, 0.05) is 0 Å². The predicted molar refractivity (Wildman–Crippen MR) is 53.4 cm³/mol. The van der Waals surface area contributed by atoms with Crippen molar-refractivity contribution < 1.29 is 0 Å². The molecule has 2 rings (SSSR count). The maximum atomic E-state index is 3.97. The second kappa shape index (κ2) is 2.49. The SMILES string of the molecule is C=c1cc2ccccc(=C)c-2c1. The van der Waals surface area contributed by atoms with Crippen LogP contribution in [0, 0.1) is 0 Å². The van der Waals surface area contributed by atoms with Crippen molar-refractivity contribution in [3.05, 3.63) is 46.8 Å². The van der Waals surface area contributed by atoms with Gasteiger partial charge in [-0.1, -0.05) is 37.4 Å². The third-order valence-corrected chi connectivity index (χ3v) is 2.01. The van der Waals surface area contributed by atoms with Gasteiger partial charge in [0.25, 0.3) is 0 Å². The Kier molecular flexibility index (Phi) is 1.47. The summed E-state index contributed by atoms with van der Waals surface area (Å²) in [6, 6.07) is 12.3.